The van der Waals surface area contributed by atoms with Crippen LogP contribution in [0.1, 0.15) is 44.6 Å². The van der Waals surface area contributed by atoms with Gasteiger partial charge < -0.3 is 10.5 Å². The van der Waals surface area contributed by atoms with E-state index in [1.54, 1.807) is 12.1 Å². The fraction of sp³-hybridized carbons (Fsp3) is 0.600. The summed E-state index contributed by atoms with van der Waals surface area (Å²) in [5, 5.41) is 11.1. The second-order valence-corrected chi connectivity index (χ2v) is 5.44. The Hall–Kier alpha value is -1.62. The highest BCUT2D eigenvalue weighted by Crippen LogP contribution is 2.34. The van der Waals surface area contributed by atoms with Gasteiger partial charge >= 0.3 is 5.69 Å². The van der Waals surface area contributed by atoms with Crippen LogP contribution in [0.3, 0.4) is 0 Å². The molecule has 1 aliphatic carbocycles. The molecule has 1 aliphatic rings. The molecule has 0 heterocycles. The molecule has 0 amide bonds. The van der Waals surface area contributed by atoms with E-state index >= 15 is 0 Å². The zero-order valence-corrected chi connectivity index (χ0v) is 11.9. The van der Waals surface area contributed by atoms with Crippen molar-refractivity contribution in [3.63, 3.8) is 0 Å². The second-order valence-electron chi connectivity index (χ2n) is 5.44. The Bertz CT molecular complexity index is 476. The van der Waals surface area contributed by atoms with Gasteiger partial charge in [0.1, 0.15) is 0 Å². The van der Waals surface area contributed by atoms with E-state index in [1.807, 2.05) is 0 Å². The van der Waals surface area contributed by atoms with Crippen molar-refractivity contribution >= 4 is 5.69 Å². The minimum Gasteiger partial charge on any atom is -0.483 e. The van der Waals surface area contributed by atoms with Crippen LogP contribution in [0.5, 0.6) is 5.75 Å². The molecule has 0 saturated heterocycles. The number of nitro groups is 1. The molecule has 2 atom stereocenters. The Labute approximate surface area is 119 Å². The maximum atomic E-state index is 11.1. The molecule has 1 aromatic carbocycles. The first-order valence-electron chi connectivity index (χ1n) is 7.28. The first-order valence-corrected chi connectivity index (χ1v) is 7.28. The van der Waals surface area contributed by atoms with Crippen LogP contribution in [0.4, 0.5) is 5.69 Å². The summed E-state index contributed by atoms with van der Waals surface area (Å²) in [5.41, 5.74) is 6.30. The molecule has 1 fully saturated rings. The summed E-state index contributed by atoms with van der Waals surface area (Å²) in [6, 6.07) is 4.98. The lowest BCUT2D eigenvalue weighted by atomic mass is 9.85. The molecule has 5 nitrogen and oxygen atoms in total. The normalized spacial score (nSPS) is 22.5. The van der Waals surface area contributed by atoms with Crippen LogP contribution in [0.25, 0.3) is 0 Å². The van der Waals surface area contributed by atoms with Crippen LogP contribution in [0.2, 0.25) is 0 Å². The van der Waals surface area contributed by atoms with Crippen molar-refractivity contribution in [3.05, 3.63) is 33.9 Å². The summed E-state index contributed by atoms with van der Waals surface area (Å²) >= 11 is 0. The van der Waals surface area contributed by atoms with Gasteiger partial charge in [-0.05, 0) is 36.8 Å². The summed E-state index contributed by atoms with van der Waals surface area (Å²) in [5.74, 6) is 1.05. The van der Waals surface area contributed by atoms with E-state index in [4.69, 9.17) is 10.5 Å². The van der Waals surface area contributed by atoms with E-state index in [0.29, 0.717) is 18.2 Å². The molecule has 20 heavy (non-hydrogen) atoms. The highest BCUT2D eigenvalue weighted by molar-refractivity contribution is 5.48. The Morgan fingerprint density at radius 2 is 2.25 bits per heavy atom. The third-order valence-corrected chi connectivity index (χ3v) is 4.06. The standard InChI is InChI=1S/C15H22N2O3/c1-2-11-4-3-5-13(8-11)20-15-7-6-12(10-16)9-14(15)17(18)19/h6-7,9,11,13H,2-5,8,10,16H2,1H3. The number of nitrogens with two attached hydrogens (primary N) is 1. The molecule has 0 radical (unpaired) electrons. The molecule has 1 saturated carbocycles. The van der Waals surface area contributed by atoms with Gasteiger partial charge in [-0.1, -0.05) is 25.8 Å². The van der Waals surface area contributed by atoms with Crippen LogP contribution in [0.15, 0.2) is 18.2 Å². The van der Waals surface area contributed by atoms with Crippen molar-refractivity contribution in [1.29, 1.82) is 0 Å². The van der Waals surface area contributed by atoms with E-state index in [0.717, 1.165) is 31.2 Å². The van der Waals surface area contributed by atoms with E-state index in [1.165, 1.54) is 12.5 Å². The van der Waals surface area contributed by atoms with Crippen molar-refractivity contribution in [2.45, 2.75) is 51.7 Å². The zero-order valence-electron chi connectivity index (χ0n) is 11.9. The zero-order chi connectivity index (χ0) is 14.5. The van der Waals surface area contributed by atoms with Gasteiger partial charge in [-0.15, -0.1) is 0 Å². The number of ether oxygens (including phenoxy) is 1. The number of nitrogens with zero attached hydrogens (tertiary/aromatic N) is 1. The third-order valence-electron chi connectivity index (χ3n) is 4.06. The fourth-order valence-corrected chi connectivity index (χ4v) is 2.83. The predicted molar refractivity (Wildman–Crippen MR) is 77.7 cm³/mol. The molecule has 0 spiro atoms. The molecule has 0 bridgehead atoms. The van der Waals surface area contributed by atoms with Crippen LogP contribution in [-0.2, 0) is 6.54 Å². The summed E-state index contributed by atoms with van der Waals surface area (Å²) in [4.78, 5) is 10.7. The molecule has 0 aliphatic heterocycles. The quantitative estimate of drug-likeness (QED) is 0.661. The first-order chi connectivity index (χ1) is 9.63. The topological polar surface area (TPSA) is 78.4 Å². The Morgan fingerprint density at radius 3 is 2.90 bits per heavy atom. The minimum atomic E-state index is -0.394. The number of hydrogen-bond acceptors (Lipinski definition) is 4. The monoisotopic (exact) mass is 278 g/mol. The molecular formula is C15H22N2O3. The van der Waals surface area contributed by atoms with E-state index in [9.17, 15) is 10.1 Å². The number of nitro benzene ring substituents is 1. The lowest BCUT2D eigenvalue weighted by Crippen LogP contribution is -2.25. The van der Waals surface area contributed by atoms with Crippen molar-refractivity contribution in [1.82, 2.24) is 0 Å². The van der Waals surface area contributed by atoms with Crippen LogP contribution >= 0.6 is 0 Å². The molecule has 2 rings (SSSR count). The van der Waals surface area contributed by atoms with Gasteiger partial charge in [0.15, 0.2) is 5.75 Å². The predicted octanol–water partition coefficient (Wildman–Crippen LogP) is 3.40. The van der Waals surface area contributed by atoms with E-state index in [-0.39, 0.29) is 11.8 Å². The molecule has 2 N–H and O–H groups in total. The second kappa shape index (κ2) is 6.70. The van der Waals surface area contributed by atoms with Gasteiger partial charge in [0.2, 0.25) is 0 Å². The molecule has 1 aromatic rings. The Balaban J connectivity index is 2.14. The van der Waals surface area contributed by atoms with Gasteiger partial charge in [-0.3, -0.25) is 10.1 Å². The Kier molecular flexibility index (Phi) is 4.95. The summed E-state index contributed by atoms with van der Waals surface area (Å²) in [6.07, 6.45) is 5.59. The summed E-state index contributed by atoms with van der Waals surface area (Å²) in [6.45, 7) is 2.48. The Morgan fingerprint density at radius 1 is 1.45 bits per heavy atom. The highest BCUT2D eigenvalue weighted by atomic mass is 16.6. The van der Waals surface area contributed by atoms with Crippen LogP contribution in [0, 0.1) is 16.0 Å². The molecule has 0 aromatic heterocycles. The van der Waals surface area contributed by atoms with E-state index in [2.05, 4.69) is 6.92 Å². The third kappa shape index (κ3) is 3.48. The number of hydrogen-bond donors (Lipinski definition) is 1. The lowest BCUT2D eigenvalue weighted by Gasteiger charge is -2.28. The van der Waals surface area contributed by atoms with Gasteiger partial charge in [0.25, 0.3) is 0 Å². The summed E-state index contributed by atoms with van der Waals surface area (Å²) in [7, 11) is 0. The van der Waals surface area contributed by atoms with Gasteiger partial charge in [-0.25, -0.2) is 0 Å². The average Bonchev–Trinajstić information content (AvgIpc) is 2.47. The SMILES string of the molecule is CCC1CCCC(Oc2ccc(CN)cc2[N+](=O)[O-])C1. The van der Waals surface area contributed by atoms with Gasteiger partial charge in [-0.2, -0.15) is 0 Å². The van der Waals surface area contributed by atoms with Gasteiger partial charge in [0, 0.05) is 12.6 Å². The number of rotatable bonds is 5. The molecular weight excluding hydrogens is 256 g/mol. The van der Waals surface area contributed by atoms with Gasteiger partial charge in [0.05, 0.1) is 11.0 Å². The van der Waals surface area contributed by atoms with E-state index < -0.39 is 4.92 Å². The maximum Gasteiger partial charge on any atom is 0.311 e. The van der Waals surface area contributed by atoms with Crippen LogP contribution in [-0.4, -0.2) is 11.0 Å². The number of benzene rings is 1. The smallest absolute Gasteiger partial charge is 0.311 e. The fourth-order valence-electron chi connectivity index (χ4n) is 2.83. The van der Waals surface area contributed by atoms with Crippen molar-refractivity contribution in [2.75, 3.05) is 0 Å². The minimum absolute atomic E-state index is 0.0200. The highest BCUT2D eigenvalue weighted by Gasteiger charge is 2.25. The van der Waals surface area contributed by atoms with Crippen molar-refractivity contribution < 1.29 is 9.66 Å². The average molecular weight is 278 g/mol. The van der Waals surface area contributed by atoms with Crippen molar-refractivity contribution in [2.24, 2.45) is 11.7 Å². The largest absolute Gasteiger partial charge is 0.483 e. The summed E-state index contributed by atoms with van der Waals surface area (Å²) < 4.78 is 5.90. The molecule has 5 heteroatoms. The maximum absolute atomic E-state index is 11.1. The molecule has 2 unspecified atom stereocenters. The van der Waals surface area contributed by atoms with Crippen molar-refractivity contribution in [3.8, 4) is 5.75 Å². The van der Waals surface area contributed by atoms with Crippen LogP contribution < -0.4 is 10.5 Å². The molecule has 110 valence electrons. The first kappa shape index (κ1) is 14.8. The lowest BCUT2D eigenvalue weighted by molar-refractivity contribution is -0.386.